The Morgan fingerprint density at radius 3 is 2.65 bits per heavy atom. The van der Waals surface area contributed by atoms with E-state index in [1.807, 2.05) is 13.8 Å². The van der Waals surface area contributed by atoms with Crippen LogP contribution < -0.4 is 0 Å². The molecule has 1 aliphatic carbocycles. The minimum atomic E-state index is -0.425. The molecule has 2 aliphatic heterocycles. The lowest BCUT2D eigenvalue weighted by Crippen LogP contribution is -2.45. The second kappa shape index (κ2) is 3.45. The lowest BCUT2D eigenvalue weighted by Gasteiger charge is -2.31. The molecule has 0 radical (unpaired) electrons. The van der Waals surface area contributed by atoms with Crippen molar-refractivity contribution in [2.45, 2.75) is 32.2 Å². The minimum absolute atomic E-state index is 0.00722. The van der Waals surface area contributed by atoms with Gasteiger partial charge in [0, 0.05) is 5.92 Å². The summed E-state index contributed by atoms with van der Waals surface area (Å²) < 4.78 is 15.7. The molecule has 94 valence electrons. The molecule has 0 amide bonds. The third-order valence-corrected chi connectivity index (χ3v) is 4.42. The van der Waals surface area contributed by atoms with Crippen LogP contribution in [0.1, 0.15) is 13.8 Å². The number of methoxy groups -OCH3 is 1. The molecule has 17 heavy (non-hydrogen) atoms. The summed E-state index contributed by atoms with van der Waals surface area (Å²) in [4.78, 5) is 23.7. The van der Waals surface area contributed by atoms with Crippen molar-refractivity contribution in [1.82, 2.24) is 0 Å². The topological polar surface area (TPSA) is 65.1 Å². The van der Waals surface area contributed by atoms with Gasteiger partial charge in [0.1, 0.15) is 6.10 Å². The molecular formula is C12H16O5. The van der Waals surface area contributed by atoms with Crippen LogP contribution in [-0.4, -0.2) is 37.4 Å². The van der Waals surface area contributed by atoms with Crippen LogP contribution in [0.4, 0.5) is 0 Å². The largest absolute Gasteiger partial charge is 0.469 e. The second-order valence-corrected chi connectivity index (χ2v) is 5.22. The minimum Gasteiger partial charge on any atom is -0.469 e. The number of esters is 2. The molecule has 0 aromatic heterocycles. The Balaban J connectivity index is 1.96. The molecule has 5 heteroatoms. The molecule has 7 atom stereocenters. The molecule has 1 saturated carbocycles. The van der Waals surface area contributed by atoms with Gasteiger partial charge in [0.25, 0.3) is 0 Å². The van der Waals surface area contributed by atoms with Crippen LogP contribution in [0, 0.1) is 23.7 Å². The van der Waals surface area contributed by atoms with Gasteiger partial charge < -0.3 is 14.2 Å². The van der Waals surface area contributed by atoms with E-state index in [0.717, 1.165) is 0 Å². The third-order valence-electron chi connectivity index (χ3n) is 4.42. The monoisotopic (exact) mass is 240 g/mol. The molecule has 0 spiro atoms. The van der Waals surface area contributed by atoms with Crippen LogP contribution in [0.2, 0.25) is 0 Å². The lowest BCUT2D eigenvalue weighted by molar-refractivity contribution is -0.157. The van der Waals surface area contributed by atoms with E-state index < -0.39 is 11.8 Å². The number of ether oxygens (including phenoxy) is 3. The van der Waals surface area contributed by atoms with Crippen LogP contribution >= 0.6 is 0 Å². The van der Waals surface area contributed by atoms with Crippen LogP contribution in [0.15, 0.2) is 0 Å². The fourth-order valence-electron chi connectivity index (χ4n) is 3.54. The maximum Gasteiger partial charge on any atom is 0.310 e. The number of fused-ring (bicyclic) bond motifs is 3. The van der Waals surface area contributed by atoms with Gasteiger partial charge in [-0.15, -0.1) is 0 Å². The standard InChI is InChI=1S/C12H16O5/c1-4-6(11(13)15-3)8-7(10-9(4)17-10)5(2)16-12(8)14/h4-10H,1-3H3/t4-,5+,6+,7+,8+,9-,10+/m1/s1. The van der Waals surface area contributed by atoms with Crippen molar-refractivity contribution in [3.8, 4) is 0 Å². The zero-order valence-corrected chi connectivity index (χ0v) is 10.1. The normalized spacial score (nSPS) is 51.2. The smallest absolute Gasteiger partial charge is 0.310 e. The van der Waals surface area contributed by atoms with E-state index in [1.54, 1.807) is 0 Å². The van der Waals surface area contributed by atoms with Gasteiger partial charge in [0.15, 0.2) is 0 Å². The number of rotatable bonds is 1. The van der Waals surface area contributed by atoms with E-state index in [1.165, 1.54) is 7.11 Å². The predicted molar refractivity (Wildman–Crippen MR) is 55.9 cm³/mol. The highest BCUT2D eigenvalue weighted by Gasteiger charge is 2.67. The molecule has 2 heterocycles. The summed E-state index contributed by atoms with van der Waals surface area (Å²) in [6, 6.07) is 0. The van der Waals surface area contributed by atoms with Crippen LogP contribution in [0.3, 0.4) is 0 Å². The first-order chi connectivity index (χ1) is 8.06. The van der Waals surface area contributed by atoms with Gasteiger partial charge >= 0.3 is 11.9 Å². The SMILES string of the molecule is COC(=O)[C@H]1[C@@H](C)[C@H]2O[C@H]2[C@@H]2[C@H]1C(=O)O[C@H]2C. The average Bonchev–Trinajstić information content (AvgIpc) is 3.02. The zero-order chi connectivity index (χ0) is 12.3. The van der Waals surface area contributed by atoms with E-state index in [-0.39, 0.29) is 42.1 Å². The van der Waals surface area contributed by atoms with Crippen LogP contribution in [0.25, 0.3) is 0 Å². The van der Waals surface area contributed by atoms with Gasteiger partial charge in [-0.3, -0.25) is 9.59 Å². The van der Waals surface area contributed by atoms with Gasteiger partial charge in [0.2, 0.25) is 0 Å². The highest BCUT2D eigenvalue weighted by Crippen LogP contribution is 2.54. The lowest BCUT2D eigenvalue weighted by atomic mass is 9.67. The molecule has 0 unspecified atom stereocenters. The number of carbonyl (C=O) groups excluding carboxylic acids is 2. The summed E-state index contributed by atoms with van der Waals surface area (Å²) in [6.07, 6.45) is -0.00295. The molecular weight excluding hydrogens is 224 g/mol. The van der Waals surface area contributed by atoms with Crippen molar-refractivity contribution in [1.29, 1.82) is 0 Å². The van der Waals surface area contributed by atoms with Gasteiger partial charge in [-0.05, 0) is 12.8 Å². The Hall–Kier alpha value is -1.10. The summed E-state index contributed by atoms with van der Waals surface area (Å²) in [6.45, 7) is 3.81. The third kappa shape index (κ3) is 1.35. The van der Waals surface area contributed by atoms with Crippen LogP contribution in [-0.2, 0) is 23.8 Å². The summed E-state index contributed by atoms with van der Waals surface area (Å²) in [5.41, 5.74) is 0. The Morgan fingerprint density at radius 1 is 1.29 bits per heavy atom. The highest BCUT2D eigenvalue weighted by atomic mass is 16.6. The maximum atomic E-state index is 11.9. The van der Waals surface area contributed by atoms with Crippen molar-refractivity contribution in [2.24, 2.45) is 23.7 Å². The fraction of sp³-hybridized carbons (Fsp3) is 0.833. The van der Waals surface area contributed by atoms with E-state index in [4.69, 9.17) is 14.2 Å². The van der Waals surface area contributed by atoms with E-state index in [9.17, 15) is 9.59 Å². The van der Waals surface area contributed by atoms with E-state index >= 15 is 0 Å². The molecule has 0 N–H and O–H groups in total. The van der Waals surface area contributed by atoms with Crippen molar-refractivity contribution < 1.29 is 23.8 Å². The first-order valence-electron chi connectivity index (χ1n) is 6.00. The Morgan fingerprint density at radius 2 is 2.00 bits per heavy atom. The Labute approximate surface area is 99.4 Å². The highest BCUT2D eigenvalue weighted by molar-refractivity contribution is 5.84. The molecule has 3 fully saturated rings. The molecule has 0 aromatic rings. The number of epoxide rings is 1. The second-order valence-electron chi connectivity index (χ2n) is 5.22. The molecule has 3 rings (SSSR count). The van der Waals surface area contributed by atoms with Gasteiger partial charge in [0.05, 0.1) is 31.2 Å². The van der Waals surface area contributed by atoms with Crippen molar-refractivity contribution >= 4 is 11.9 Å². The number of hydrogen-bond acceptors (Lipinski definition) is 5. The molecule has 2 saturated heterocycles. The molecule has 0 bridgehead atoms. The predicted octanol–water partition coefficient (Wildman–Crippen LogP) is 0.370. The van der Waals surface area contributed by atoms with Crippen molar-refractivity contribution in [3.63, 3.8) is 0 Å². The first-order valence-corrected chi connectivity index (χ1v) is 6.00. The molecule has 0 aromatic carbocycles. The summed E-state index contributed by atoms with van der Waals surface area (Å²) in [5, 5.41) is 0. The number of carbonyl (C=O) groups is 2. The van der Waals surface area contributed by atoms with Crippen molar-refractivity contribution in [3.05, 3.63) is 0 Å². The Bertz CT molecular complexity index is 371. The van der Waals surface area contributed by atoms with Crippen molar-refractivity contribution in [2.75, 3.05) is 7.11 Å². The summed E-state index contributed by atoms with van der Waals surface area (Å²) in [5.74, 6) is -1.40. The van der Waals surface area contributed by atoms with Gasteiger partial charge in [-0.25, -0.2) is 0 Å². The number of cyclic esters (lactones) is 1. The average molecular weight is 240 g/mol. The van der Waals surface area contributed by atoms with Gasteiger partial charge in [-0.1, -0.05) is 6.92 Å². The zero-order valence-electron chi connectivity index (χ0n) is 10.1. The molecule has 3 aliphatic rings. The van der Waals surface area contributed by atoms with E-state index in [2.05, 4.69) is 0 Å². The fourth-order valence-corrected chi connectivity index (χ4v) is 3.54. The van der Waals surface area contributed by atoms with Gasteiger partial charge in [-0.2, -0.15) is 0 Å². The quantitative estimate of drug-likeness (QED) is 0.489. The first kappa shape index (κ1) is 11.0. The Kier molecular flexibility index (Phi) is 2.23. The maximum absolute atomic E-state index is 11.9. The summed E-state index contributed by atoms with van der Waals surface area (Å²) >= 11 is 0. The molecule has 5 nitrogen and oxygen atoms in total. The van der Waals surface area contributed by atoms with Crippen LogP contribution in [0.5, 0.6) is 0 Å². The number of hydrogen-bond donors (Lipinski definition) is 0. The summed E-state index contributed by atoms with van der Waals surface area (Å²) in [7, 11) is 1.35. The van der Waals surface area contributed by atoms with E-state index in [0.29, 0.717) is 0 Å².